The number of fused-ring (bicyclic) bond motifs is 1. The van der Waals surface area contributed by atoms with Crippen molar-refractivity contribution >= 4 is 58.0 Å². The number of carbonyl (C=O) groups excluding carboxylic acids is 1. The zero-order chi connectivity index (χ0) is 20.2. The topological polar surface area (TPSA) is 67.5 Å². The predicted octanol–water partition coefficient (Wildman–Crippen LogP) is 6.05. The fraction of sp³-hybridized carbons (Fsp3) is 0. The first-order chi connectivity index (χ1) is 14.1. The van der Waals surface area contributed by atoms with Crippen molar-refractivity contribution in [3.8, 4) is 0 Å². The molecule has 0 radical (unpaired) electrons. The fourth-order valence-electron chi connectivity index (χ4n) is 2.61. The lowest BCUT2D eigenvalue weighted by atomic mass is 10.2. The summed E-state index contributed by atoms with van der Waals surface area (Å²) in [5.74, 6) is 0.0640. The number of halogens is 2. The largest absolute Gasteiger partial charge is 0.448 e. The molecule has 1 N–H and O–H groups in total. The predicted molar refractivity (Wildman–Crippen MR) is 116 cm³/mol. The Morgan fingerprint density at radius 3 is 2.83 bits per heavy atom. The Morgan fingerprint density at radius 1 is 1.10 bits per heavy atom. The molecule has 2 aromatic heterocycles. The molecule has 0 saturated heterocycles. The summed E-state index contributed by atoms with van der Waals surface area (Å²) in [4.78, 5) is 17.6. The highest BCUT2D eigenvalue weighted by molar-refractivity contribution is 7.99. The molecule has 1 amide bonds. The minimum Gasteiger partial charge on any atom is -0.448 e. The molecule has 2 heterocycles. The van der Waals surface area contributed by atoms with Gasteiger partial charge in [0.25, 0.3) is 5.91 Å². The number of aromatic nitrogens is 1. The normalized spacial score (nSPS) is 11.2. The van der Waals surface area contributed by atoms with E-state index in [0.717, 1.165) is 15.8 Å². The van der Waals surface area contributed by atoms with Crippen LogP contribution in [0.1, 0.15) is 16.1 Å². The fourth-order valence-corrected chi connectivity index (χ4v) is 4.01. The zero-order valence-electron chi connectivity index (χ0n) is 14.8. The van der Waals surface area contributed by atoms with E-state index in [0.29, 0.717) is 15.9 Å². The number of benzene rings is 2. The molecule has 0 fully saturated rings. The SMILES string of the molecule is O=C(N/N=C\c1ccc(Sc2cccc3cccnc23)o1)c1ccc(Cl)cc1Cl. The van der Waals surface area contributed by atoms with Crippen LogP contribution in [0, 0.1) is 0 Å². The smallest absolute Gasteiger partial charge is 0.272 e. The number of hydrazone groups is 1. The van der Waals surface area contributed by atoms with Gasteiger partial charge in [-0.15, -0.1) is 0 Å². The molecule has 0 unspecified atom stereocenters. The number of nitrogens with zero attached hydrogens (tertiary/aromatic N) is 2. The lowest BCUT2D eigenvalue weighted by molar-refractivity contribution is 0.0955. The number of hydrogen-bond acceptors (Lipinski definition) is 5. The summed E-state index contributed by atoms with van der Waals surface area (Å²) in [6.45, 7) is 0. The molecule has 8 heteroatoms. The van der Waals surface area contributed by atoms with Crippen LogP contribution in [0.15, 0.2) is 86.4 Å². The Kier molecular flexibility index (Phi) is 5.85. The Labute approximate surface area is 180 Å². The second-order valence-corrected chi connectivity index (χ2v) is 7.80. The maximum Gasteiger partial charge on any atom is 0.272 e. The molecule has 0 aliphatic heterocycles. The molecule has 4 rings (SSSR count). The highest BCUT2D eigenvalue weighted by atomic mass is 35.5. The van der Waals surface area contributed by atoms with Crippen LogP contribution in [0.4, 0.5) is 0 Å². The van der Waals surface area contributed by atoms with Gasteiger partial charge in [0.2, 0.25) is 0 Å². The molecule has 0 saturated carbocycles. The molecule has 0 spiro atoms. The maximum absolute atomic E-state index is 12.1. The van der Waals surface area contributed by atoms with Gasteiger partial charge in [0, 0.05) is 21.5 Å². The number of carbonyl (C=O) groups is 1. The molecular formula is C21H13Cl2N3O2S. The lowest BCUT2D eigenvalue weighted by Gasteiger charge is -2.03. The van der Waals surface area contributed by atoms with E-state index in [9.17, 15) is 4.79 Å². The van der Waals surface area contributed by atoms with E-state index in [1.54, 1.807) is 18.3 Å². The summed E-state index contributed by atoms with van der Waals surface area (Å²) in [5, 5.41) is 6.39. The van der Waals surface area contributed by atoms with Crippen LogP contribution in [-0.4, -0.2) is 17.1 Å². The van der Waals surface area contributed by atoms with E-state index in [1.807, 2.05) is 36.4 Å². The summed E-state index contributed by atoms with van der Waals surface area (Å²) in [6, 6.07) is 18.1. The summed E-state index contributed by atoms with van der Waals surface area (Å²) < 4.78 is 5.75. The number of furan rings is 1. The number of amides is 1. The summed E-state index contributed by atoms with van der Waals surface area (Å²) in [7, 11) is 0. The number of para-hydroxylation sites is 1. The van der Waals surface area contributed by atoms with Gasteiger partial charge < -0.3 is 4.42 Å². The van der Waals surface area contributed by atoms with Gasteiger partial charge in [0.15, 0.2) is 5.09 Å². The van der Waals surface area contributed by atoms with Gasteiger partial charge in [-0.25, -0.2) is 5.43 Å². The number of hydrogen-bond donors (Lipinski definition) is 1. The number of nitrogens with one attached hydrogen (secondary N) is 1. The van der Waals surface area contributed by atoms with Crippen molar-refractivity contribution in [2.75, 3.05) is 0 Å². The summed E-state index contributed by atoms with van der Waals surface area (Å²) in [5.41, 5.74) is 3.62. The molecule has 5 nitrogen and oxygen atoms in total. The van der Waals surface area contributed by atoms with Crippen molar-refractivity contribution in [2.45, 2.75) is 9.99 Å². The molecule has 2 aromatic carbocycles. The number of pyridine rings is 1. The quantitative estimate of drug-likeness (QED) is 0.302. The third kappa shape index (κ3) is 4.62. The minimum atomic E-state index is -0.439. The molecule has 4 aromatic rings. The molecule has 144 valence electrons. The Balaban J connectivity index is 1.43. The zero-order valence-corrected chi connectivity index (χ0v) is 17.1. The second kappa shape index (κ2) is 8.69. The lowest BCUT2D eigenvalue weighted by Crippen LogP contribution is -2.17. The molecular weight excluding hydrogens is 429 g/mol. The van der Waals surface area contributed by atoms with E-state index < -0.39 is 5.91 Å². The molecule has 0 aliphatic rings. The molecule has 29 heavy (non-hydrogen) atoms. The van der Waals surface area contributed by atoms with Gasteiger partial charge >= 0.3 is 0 Å². The molecule has 0 aliphatic carbocycles. The van der Waals surface area contributed by atoms with E-state index in [2.05, 4.69) is 15.5 Å². The van der Waals surface area contributed by atoms with Crippen LogP contribution in [0.5, 0.6) is 0 Å². The van der Waals surface area contributed by atoms with Crippen LogP contribution < -0.4 is 5.43 Å². The standard InChI is InChI=1S/C21H13Cl2N3O2S/c22-14-6-8-16(17(23)11-14)21(27)26-25-12-15-7-9-19(28-15)29-18-5-1-3-13-4-2-10-24-20(13)18/h1-12H,(H,26,27)/b25-12-. The summed E-state index contributed by atoms with van der Waals surface area (Å²) >= 11 is 13.3. The first-order valence-electron chi connectivity index (χ1n) is 8.50. The third-order valence-electron chi connectivity index (χ3n) is 3.94. The van der Waals surface area contributed by atoms with Gasteiger partial charge in [-0.3, -0.25) is 9.78 Å². The van der Waals surface area contributed by atoms with Crippen molar-refractivity contribution in [1.29, 1.82) is 0 Å². The van der Waals surface area contributed by atoms with Crippen LogP contribution in [0.2, 0.25) is 10.0 Å². The third-order valence-corrected chi connectivity index (χ3v) is 5.46. The van der Waals surface area contributed by atoms with E-state index in [1.165, 1.54) is 30.1 Å². The first-order valence-corrected chi connectivity index (χ1v) is 10.1. The maximum atomic E-state index is 12.1. The average molecular weight is 442 g/mol. The number of rotatable bonds is 5. The van der Waals surface area contributed by atoms with E-state index >= 15 is 0 Å². The van der Waals surface area contributed by atoms with Crippen LogP contribution in [0.3, 0.4) is 0 Å². The van der Waals surface area contributed by atoms with Gasteiger partial charge in [0.05, 0.1) is 22.3 Å². The van der Waals surface area contributed by atoms with Crippen molar-refractivity contribution < 1.29 is 9.21 Å². The van der Waals surface area contributed by atoms with Gasteiger partial charge in [-0.2, -0.15) is 5.10 Å². The Bertz CT molecular complexity index is 1220. The van der Waals surface area contributed by atoms with Crippen molar-refractivity contribution in [2.24, 2.45) is 5.10 Å². The Hall–Kier alpha value is -2.80. The van der Waals surface area contributed by atoms with Gasteiger partial charge in [-0.05, 0) is 54.2 Å². The Morgan fingerprint density at radius 2 is 1.97 bits per heavy atom. The van der Waals surface area contributed by atoms with Crippen molar-refractivity contribution in [3.63, 3.8) is 0 Å². The molecule has 0 bridgehead atoms. The minimum absolute atomic E-state index is 0.255. The van der Waals surface area contributed by atoms with E-state index in [-0.39, 0.29) is 10.6 Å². The monoisotopic (exact) mass is 441 g/mol. The highest BCUT2D eigenvalue weighted by Gasteiger charge is 2.10. The summed E-state index contributed by atoms with van der Waals surface area (Å²) in [6.07, 6.45) is 3.19. The van der Waals surface area contributed by atoms with E-state index in [4.69, 9.17) is 27.6 Å². The average Bonchev–Trinajstić information content (AvgIpc) is 3.15. The van der Waals surface area contributed by atoms with Crippen LogP contribution >= 0.6 is 35.0 Å². The van der Waals surface area contributed by atoms with Crippen LogP contribution in [0.25, 0.3) is 10.9 Å². The second-order valence-electron chi connectivity index (χ2n) is 5.91. The van der Waals surface area contributed by atoms with Gasteiger partial charge in [-0.1, -0.05) is 41.4 Å². The van der Waals surface area contributed by atoms with Gasteiger partial charge in [0.1, 0.15) is 5.76 Å². The molecule has 0 atom stereocenters. The highest BCUT2D eigenvalue weighted by Crippen LogP contribution is 2.33. The van der Waals surface area contributed by atoms with Crippen molar-refractivity contribution in [1.82, 2.24) is 10.4 Å². The van der Waals surface area contributed by atoms with Crippen molar-refractivity contribution in [3.05, 3.63) is 88.2 Å². The van der Waals surface area contributed by atoms with Crippen LogP contribution in [-0.2, 0) is 0 Å². The first kappa shape index (κ1) is 19.5.